The van der Waals surface area contributed by atoms with Crippen LogP contribution in [0.1, 0.15) is 41.0 Å². The second-order valence-corrected chi connectivity index (χ2v) is 6.00. The number of cyclic esters (lactones) is 1. The Morgan fingerprint density at radius 2 is 1.93 bits per heavy atom. The van der Waals surface area contributed by atoms with Crippen molar-refractivity contribution >= 4 is 5.97 Å². The van der Waals surface area contributed by atoms with E-state index in [1.165, 1.54) is 0 Å². The first-order valence-corrected chi connectivity index (χ1v) is 5.19. The normalized spacial score (nSPS) is 31.7. The van der Waals surface area contributed by atoms with E-state index in [1.807, 2.05) is 13.8 Å². The fraction of sp³-hybridized carbons (Fsp3) is 0.833. The summed E-state index contributed by atoms with van der Waals surface area (Å²) in [4.78, 5) is 11.6. The minimum Gasteiger partial charge on any atom is -0.459 e. The van der Waals surface area contributed by atoms with Crippen LogP contribution in [0.4, 0.5) is 0 Å². The van der Waals surface area contributed by atoms with Gasteiger partial charge in [0.25, 0.3) is 0 Å². The van der Waals surface area contributed by atoms with Crippen LogP contribution in [0, 0.1) is 24.2 Å². The van der Waals surface area contributed by atoms with Gasteiger partial charge in [0.2, 0.25) is 0 Å². The number of esters is 1. The highest BCUT2D eigenvalue weighted by atomic mass is 16.6. The Hall–Kier alpha value is -0.530. The van der Waals surface area contributed by atoms with Crippen LogP contribution in [-0.4, -0.2) is 11.6 Å². The molecule has 1 saturated heterocycles. The van der Waals surface area contributed by atoms with Gasteiger partial charge in [0, 0.05) is 5.92 Å². The predicted molar refractivity (Wildman–Crippen MR) is 56.6 cm³/mol. The van der Waals surface area contributed by atoms with Crippen molar-refractivity contribution in [3.63, 3.8) is 0 Å². The monoisotopic (exact) mass is 197 g/mol. The van der Waals surface area contributed by atoms with Crippen molar-refractivity contribution in [2.75, 3.05) is 0 Å². The summed E-state index contributed by atoms with van der Waals surface area (Å²) in [6.45, 7) is 14.3. The highest BCUT2D eigenvalue weighted by Crippen LogP contribution is 2.41. The Morgan fingerprint density at radius 1 is 1.43 bits per heavy atom. The lowest BCUT2D eigenvalue weighted by atomic mass is 9.76. The minimum absolute atomic E-state index is 0.0370. The smallest absolute Gasteiger partial charge is 0.309 e. The SMILES string of the molecule is [CH2][C@H]1[C@H](CC(C)(C)C)C(=O)OC1(C)C. The molecular weight excluding hydrogens is 176 g/mol. The highest BCUT2D eigenvalue weighted by Gasteiger charge is 2.48. The molecule has 0 saturated carbocycles. The molecule has 0 unspecified atom stereocenters. The molecule has 0 aromatic rings. The first-order valence-electron chi connectivity index (χ1n) is 5.19. The third-order valence-electron chi connectivity index (χ3n) is 2.88. The molecule has 0 amide bonds. The van der Waals surface area contributed by atoms with E-state index in [1.54, 1.807) is 0 Å². The average molecular weight is 197 g/mol. The molecule has 0 aromatic carbocycles. The zero-order valence-corrected chi connectivity index (χ0v) is 9.89. The summed E-state index contributed by atoms with van der Waals surface area (Å²) < 4.78 is 5.32. The zero-order chi connectivity index (χ0) is 11.1. The Labute approximate surface area is 87.0 Å². The van der Waals surface area contributed by atoms with E-state index >= 15 is 0 Å². The zero-order valence-electron chi connectivity index (χ0n) is 9.89. The van der Waals surface area contributed by atoms with Crippen molar-refractivity contribution in [2.24, 2.45) is 17.3 Å². The predicted octanol–water partition coefficient (Wildman–Crippen LogP) is 2.82. The van der Waals surface area contributed by atoms with Gasteiger partial charge in [-0.05, 0) is 32.6 Å². The number of hydrogen-bond acceptors (Lipinski definition) is 2. The number of rotatable bonds is 1. The summed E-state index contributed by atoms with van der Waals surface area (Å²) in [7, 11) is 0. The van der Waals surface area contributed by atoms with Crippen molar-refractivity contribution in [1.29, 1.82) is 0 Å². The van der Waals surface area contributed by atoms with Crippen LogP contribution >= 0.6 is 0 Å². The van der Waals surface area contributed by atoms with Gasteiger partial charge in [-0.3, -0.25) is 4.79 Å². The molecule has 2 heteroatoms. The molecule has 1 aliphatic heterocycles. The molecule has 0 aromatic heterocycles. The summed E-state index contributed by atoms with van der Waals surface area (Å²) in [5.74, 6) is -0.0517. The fourth-order valence-corrected chi connectivity index (χ4v) is 1.94. The molecule has 1 radical (unpaired) electrons. The lowest BCUT2D eigenvalue weighted by Crippen LogP contribution is -2.29. The van der Waals surface area contributed by atoms with Crippen LogP contribution in [-0.2, 0) is 9.53 Å². The molecule has 1 heterocycles. The summed E-state index contributed by atoms with van der Waals surface area (Å²) in [6, 6.07) is 0. The number of carbonyl (C=O) groups is 1. The van der Waals surface area contributed by atoms with Gasteiger partial charge in [-0.1, -0.05) is 20.8 Å². The topological polar surface area (TPSA) is 26.3 Å². The Balaban J connectivity index is 2.76. The van der Waals surface area contributed by atoms with Crippen LogP contribution in [0.25, 0.3) is 0 Å². The molecule has 81 valence electrons. The lowest BCUT2D eigenvalue weighted by Gasteiger charge is -2.26. The molecule has 1 rings (SSSR count). The van der Waals surface area contributed by atoms with Crippen LogP contribution in [0.3, 0.4) is 0 Å². The van der Waals surface area contributed by atoms with Gasteiger partial charge >= 0.3 is 5.97 Å². The van der Waals surface area contributed by atoms with E-state index in [0.717, 1.165) is 6.42 Å². The van der Waals surface area contributed by atoms with E-state index in [4.69, 9.17) is 4.74 Å². The molecule has 0 aliphatic carbocycles. The number of carbonyl (C=O) groups excluding carboxylic acids is 1. The molecule has 1 fully saturated rings. The first-order chi connectivity index (χ1) is 6.13. The largest absolute Gasteiger partial charge is 0.459 e. The summed E-state index contributed by atoms with van der Waals surface area (Å²) >= 11 is 0. The van der Waals surface area contributed by atoms with Crippen molar-refractivity contribution in [3.8, 4) is 0 Å². The third-order valence-corrected chi connectivity index (χ3v) is 2.88. The third kappa shape index (κ3) is 2.28. The van der Waals surface area contributed by atoms with E-state index in [9.17, 15) is 4.79 Å². The van der Waals surface area contributed by atoms with Crippen LogP contribution in [0.5, 0.6) is 0 Å². The Kier molecular flexibility index (Phi) is 2.68. The van der Waals surface area contributed by atoms with E-state index in [2.05, 4.69) is 27.7 Å². The van der Waals surface area contributed by atoms with Gasteiger partial charge < -0.3 is 4.74 Å². The standard InChI is InChI=1S/C12H21O2/c1-8-9(7-11(2,3)4)10(13)14-12(8,5)6/h8-9H,1,7H2,2-6H3/t8-,9-/m0/s1. The summed E-state index contributed by atoms with van der Waals surface area (Å²) in [6.07, 6.45) is 0.851. The highest BCUT2D eigenvalue weighted by molar-refractivity contribution is 5.76. The molecule has 0 N–H and O–H groups in total. The molecule has 2 atom stereocenters. The molecule has 0 spiro atoms. The second-order valence-electron chi connectivity index (χ2n) is 6.00. The van der Waals surface area contributed by atoms with Crippen molar-refractivity contribution < 1.29 is 9.53 Å². The van der Waals surface area contributed by atoms with Gasteiger partial charge in [-0.15, -0.1) is 0 Å². The lowest BCUT2D eigenvalue weighted by molar-refractivity contribution is -0.149. The maximum atomic E-state index is 11.6. The molecule has 14 heavy (non-hydrogen) atoms. The molecular formula is C12H21O2. The maximum absolute atomic E-state index is 11.6. The van der Waals surface area contributed by atoms with Crippen LogP contribution < -0.4 is 0 Å². The fourth-order valence-electron chi connectivity index (χ4n) is 1.94. The van der Waals surface area contributed by atoms with E-state index in [-0.39, 0.29) is 23.2 Å². The van der Waals surface area contributed by atoms with Crippen LogP contribution in [0.2, 0.25) is 0 Å². The number of ether oxygens (including phenoxy) is 1. The van der Waals surface area contributed by atoms with Crippen molar-refractivity contribution in [3.05, 3.63) is 6.92 Å². The minimum atomic E-state index is -0.396. The molecule has 1 aliphatic rings. The van der Waals surface area contributed by atoms with Crippen LogP contribution in [0.15, 0.2) is 0 Å². The van der Waals surface area contributed by atoms with E-state index < -0.39 is 5.60 Å². The average Bonchev–Trinajstić information content (AvgIpc) is 2.10. The quantitative estimate of drug-likeness (QED) is 0.604. The van der Waals surface area contributed by atoms with Gasteiger partial charge in [-0.2, -0.15) is 0 Å². The van der Waals surface area contributed by atoms with Crippen molar-refractivity contribution in [1.82, 2.24) is 0 Å². The maximum Gasteiger partial charge on any atom is 0.309 e. The second kappa shape index (κ2) is 3.25. The van der Waals surface area contributed by atoms with Crippen molar-refractivity contribution in [2.45, 2.75) is 46.6 Å². The molecule has 2 nitrogen and oxygen atoms in total. The Bertz CT molecular complexity index is 235. The van der Waals surface area contributed by atoms with E-state index in [0.29, 0.717) is 0 Å². The summed E-state index contributed by atoms with van der Waals surface area (Å²) in [5, 5.41) is 0. The molecule has 0 bridgehead atoms. The number of hydrogen-bond donors (Lipinski definition) is 0. The first kappa shape index (κ1) is 11.5. The van der Waals surface area contributed by atoms with Gasteiger partial charge in [0.15, 0.2) is 0 Å². The van der Waals surface area contributed by atoms with Gasteiger partial charge in [-0.25, -0.2) is 0 Å². The summed E-state index contributed by atoms with van der Waals surface area (Å²) in [5.41, 5.74) is -0.243. The van der Waals surface area contributed by atoms with Gasteiger partial charge in [0.1, 0.15) is 5.60 Å². The van der Waals surface area contributed by atoms with Gasteiger partial charge in [0.05, 0.1) is 5.92 Å². The Morgan fingerprint density at radius 3 is 2.21 bits per heavy atom.